The Kier molecular flexibility index (Phi) is 5.11. The van der Waals surface area contributed by atoms with Crippen molar-refractivity contribution in [1.82, 2.24) is 4.98 Å². The summed E-state index contributed by atoms with van der Waals surface area (Å²) in [4.78, 5) is 15.9. The highest BCUT2D eigenvalue weighted by molar-refractivity contribution is 7.14. The van der Waals surface area contributed by atoms with Crippen molar-refractivity contribution >= 4 is 23.2 Å². The Morgan fingerprint density at radius 2 is 1.90 bits per heavy atom. The summed E-state index contributed by atoms with van der Waals surface area (Å²) in [7, 11) is 0. The molecule has 0 radical (unpaired) electrons. The largest absolute Gasteiger partial charge is 0.491 e. The van der Waals surface area contributed by atoms with Gasteiger partial charge in [-0.25, -0.2) is 4.98 Å². The van der Waals surface area contributed by atoms with Crippen molar-refractivity contribution < 1.29 is 14.3 Å². The molecule has 110 valence electrons. The van der Waals surface area contributed by atoms with E-state index in [1.165, 1.54) is 24.3 Å². The number of hydrogen-bond donors (Lipinski definition) is 0. The number of thiazole rings is 1. The third kappa shape index (κ3) is 5.04. The zero-order valence-corrected chi connectivity index (χ0v) is 13.0. The van der Waals surface area contributed by atoms with Crippen LogP contribution in [0.3, 0.4) is 0 Å². The van der Waals surface area contributed by atoms with Crippen LogP contribution in [0.2, 0.25) is 0 Å². The maximum Gasteiger partial charge on any atom is 0.279 e. The van der Waals surface area contributed by atoms with Gasteiger partial charge in [-0.1, -0.05) is 11.3 Å². The molecule has 0 spiro atoms. The fraction of sp³-hybridized carbons (Fsp3) is 0.250. The first kappa shape index (κ1) is 15.3. The third-order valence-electron chi connectivity index (χ3n) is 2.39. The number of carbonyl (C=O) groups excluding carboxylic acids is 1. The van der Waals surface area contributed by atoms with E-state index in [0.29, 0.717) is 10.9 Å². The minimum Gasteiger partial charge on any atom is -0.491 e. The number of rotatable bonds is 6. The lowest BCUT2D eigenvalue weighted by atomic mass is 10.3. The molecule has 4 nitrogen and oxygen atoms in total. The Balaban J connectivity index is 2.00. The van der Waals surface area contributed by atoms with Gasteiger partial charge in [0.1, 0.15) is 11.5 Å². The number of hydrogen-bond acceptors (Lipinski definition) is 5. The molecule has 0 aliphatic carbocycles. The molecule has 5 heteroatoms. The van der Waals surface area contributed by atoms with Gasteiger partial charge in [-0.15, -0.1) is 0 Å². The van der Waals surface area contributed by atoms with Crippen molar-refractivity contribution in [2.45, 2.75) is 26.9 Å². The smallest absolute Gasteiger partial charge is 0.279 e. The maximum atomic E-state index is 10.9. The molecular weight excluding hydrogens is 286 g/mol. The summed E-state index contributed by atoms with van der Waals surface area (Å²) in [6, 6.07) is 7.40. The molecule has 1 aromatic carbocycles. The molecule has 0 atom stereocenters. The first-order valence-corrected chi connectivity index (χ1v) is 7.43. The average molecular weight is 303 g/mol. The van der Waals surface area contributed by atoms with Gasteiger partial charge >= 0.3 is 0 Å². The normalized spacial score (nSPS) is 11.0. The van der Waals surface area contributed by atoms with Crippen LogP contribution in [0.4, 0.5) is 0 Å². The number of aromatic nitrogens is 1. The Morgan fingerprint density at radius 3 is 2.52 bits per heavy atom. The molecule has 0 fully saturated rings. The minimum atomic E-state index is 0.00612. The molecule has 1 aromatic heterocycles. The summed E-state index contributed by atoms with van der Waals surface area (Å²) < 4.78 is 11.2. The van der Waals surface area contributed by atoms with Gasteiger partial charge in [-0.3, -0.25) is 4.79 Å². The van der Waals surface area contributed by atoms with Gasteiger partial charge in [0.2, 0.25) is 0 Å². The molecular formula is C16H17NO3S. The van der Waals surface area contributed by atoms with Crippen molar-refractivity contribution in [2.75, 3.05) is 0 Å². The second-order valence-corrected chi connectivity index (χ2v) is 5.74. The van der Waals surface area contributed by atoms with E-state index in [9.17, 15) is 4.79 Å². The zero-order chi connectivity index (χ0) is 15.2. The topological polar surface area (TPSA) is 48.4 Å². The molecule has 0 amide bonds. The van der Waals surface area contributed by atoms with Crippen LogP contribution in [0.25, 0.3) is 6.08 Å². The quantitative estimate of drug-likeness (QED) is 0.745. The predicted octanol–water partition coefficient (Wildman–Crippen LogP) is 4.32. The first-order valence-electron chi connectivity index (χ1n) is 6.62. The second-order valence-electron chi connectivity index (χ2n) is 4.71. The van der Waals surface area contributed by atoms with E-state index in [2.05, 4.69) is 4.98 Å². The van der Waals surface area contributed by atoms with Crippen molar-refractivity contribution in [3.05, 3.63) is 41.4 Å². The Morgan fingerprint density at radius 1 is 1.24 bits per heavy atom. The molecule has 2 rings (SSSR count). The fourth-order valence-electron chi connectivity index (χ4n) is 1.55. The van der Waals surface area contributed by atoms with Gasteiger partial charge in [0.15, 0.2) is 5.78 Å². The van der Waals surface area contributed by atoms with Crippen molar-refractivity contribution in [3.63, 3.8) is 0 Å². The lowest BCUT2D eigenvalue weighted by molar-refractivity contribution is -0.112. The van der Waals surface area contributed by atoms with Crippen molar-refractivity contribution in [1.29, 1.82) is 0 Å². The van der Waals surface area contributed by atoms with E-state index in [-0.39, 0.29) is 11.9 Å². The molecule has 0 unspecified atom stereocenters. The number of allylic oxidation sites excluding steroid dienone is 1. The van der Waals surface area contributed by atoms with Crippen molar-refractivity contribution in [2.24, 2.45) is 0 Å². The van der Waals surface area contributed by atoms with E-state index < -0.39 is 0 Å². The molecule has 2 aromatic rings. The Labute approximate surface area is 128 Å². The highest BCUT2D eigenvalue weighted by Crippen LogP contribution is 2.28. The van der Waals surface area contributed by atoms with E-state index in [4.69, 9.17) is 9.47 Å². The van der Waals surface area contributed by atoms with Crippen LogP contribution in [0, 0.1) is 0 Å². The maximum absolute atomic E-state index is 10.9. The highest BCUT2D eigenvalue weighted by Gasteiger charge is 2.04. The van der Waals surface area contributed by atoms with Gasteiger partial charge in [-0.2, -0.15) is 0 Å². The minimum absolute atomic E-state index is 0.00612. The summed E-state index contributed by atoms with van der Waals surface area (Å²) in [5.74, 6) is 1.51. The summed E-state index contributed by atoms with van der Waals surface area (Å²) in [5, 5.41) is 0.538. The van der Waals surface area contributed by atoms with Crippen LogP contribution < -0.4 is 9.47 Å². The number of carbonyl (C=O) groups is 1. The standard InChI is InChI=1S/C16H17NO3S/c1-11(2)19-13-5-7-14(8-6-13)20-16-17-10-15(21-16)9-4-12(3)18/h4-11H,1-3H3. The molecule has 0 aliphatic heterocycles. The molecule has 0 saturated carbocycles. The van der Waals surface area contributed by atoms with Gasteiger partial charge in [-0.05, 0) is 57.2 Å². The van der Waals surface area contributed by atoms with E-state index >= 15 is 0 Å². The Bertz CT molecular complexity index is 629. The molecule has 0 N–H and O–H groups in total. The molecule has 0 saturated heterocycles. The number of nitrogens with zero attached hydrogens (tertiary/aromatic N) is 1. The van der Waals surface area contributed by atoms with Crippen LogP contribution in [-0.2, 0) is 4.79 Å². The zero-order valence-electron chi connectivity index (χ0n) is 12.2. The predicted molar refractivity (Wildman–Crippen MR) is 84.1 cm³/mol. The highest BCUT2D eigenvalue weighted by atomic mass is 32.1. The van der Waals surface area contributed by atoms with Gasteiger partial charge in [0.25, 0.3) is 5.19 Å². The number of ether oxygens (including phenoxy) is 2. The number of ketones is 1. The van der Waals surface area contributed by atoms with E-state index in [1.807, 2.05) is 38.1 Å². The molecule has 0 aliphatic rings. The second kappa shape index (κ2) is 7.04. The summed E-state index contributed by atoms with van der Waals surface area (Å²) in [5.41, 5.74) is 0. The van der Waals surface area contributed by atoms with Crippen LogP contribution in [0.15, 0.2) is 36.5 Å². The average Bonchev–Trinajstić information content (AvgIpc) is 2.86. The van der Waals surface area contributed by atoms with Gasteiger partial charge in [0.05, 0.1) is 11.0 Å². The lowest BCUT2D eigenvalue weighted by Crippen LogP contribution is -2.05. The monoisotopic (exact) mass is 303 g/mol. The summed E-state index contributed by atoms with van der Waals surface area (Å²) in [6.45, 7) is 5.47. The number of benzene rings is 1. The molecule has 21 heavy (non-hydrogen) atoms. The Hall–Kier alpha value is -2.14. The van der Waals surface area contributed by atoms with Gasteiger partial charge < -0.3 is 9.47 Å². The van der Waals surface area contributed by atoms with Crippen LogP contribution >= 0.6 is 11.3 Å². The van der Waals surface area contributed by atoms with E-state index in [0.717, 1.165) is 10.6 Å². The van der Waals surface area contributed by atoms with E-state index in [1.54, 1.807) is 12.3 Å². The van der Waals surface area contributed by atoms with Crippen LogP contribution in [0.1, 0.15) is 25.6 Å². The first-order chi connectivity index (χ1) is 10.0. The summed E-state index contributed by atoms with van der Waals surface area (Å²) >= 11 is 1.38. The lowest BCUT2D eigenvalue weighted by Gasteiger charge is -2.09. The SMILES string of the molecule is CC(=O)C=Cc1cnc(Oc2ccc(OC(C)C)cc2)s1. The van der Waals surface area contributed by atoms with Crippen LogP contribution in [-0.4, -0.2) is 16.9 Å². The van der Waals surface area contributed by atoms with Gasteiger partial charge in [0, 0.05) is 6.20 Å². The third-order valence-corrected chi connectivity index (χ3v) is 3.23. The fourth-order valence-corrected chi connectivity index (χ4v) is 2.24. The summed E-state index contributed by atoms with van der Waals surface area (Å²) in [6.07, 6.45) is 5.06. The van der Waals surface area contributed by atoms with Crippen LogP contribution in [0.5, 0.6) is 16.7 Å². The van der Waals surface area contributed by atoms with Crippen molar-refractivity contribution in [3.8, 4) is 16.7 Å². The molecule has 1 heterocycles. The molecule has 0 bridgehead atoms.